The molecule has 0 fully saturated rings. The van der Waals surface area contributed by atoms with Gasteiger partial charge in [-0.25, -0.2) is 4.79 Å². The lowest BCUT2D eigenvalue weighted by atomic mass is 10.1. The van der Waals surface area contributed by atoms with E-state index in [0.717, 1.165) is 0 Å². The van der Waals surface area contributed by atoms with Crippen LogP contribution in [0.5, 0.6) is 0 Å². The molecule has 0 spiro atoms. The molecule has 0 saturated heterocycles. The first-order chi connectivity index (χ1) is 18.7. The van der Waals surface area contributed by atoms with Crippen molar-refractivity contribution in [2.24, 2.45) is 5.73 Å². The molecule has 0 heterocycles. The smallest absolute Gasteiger partial charge is 0.326 e. The summed E-state index contributed by atoms with van der Waals surface area (Å²) in [6.07, 6.45) is -4.03. The molecule has 0 aromatic heterocycles. The summed E-state index contributed by atoms with van der Waals surface area (Å²) < 4.78 is 19.7. The predicted octanol–water partition coefficient (Wildman–Crippen LogP) is -2.69. The standard InChI is InChI=1S/C20H30N4O13/c21-9(1-5-13(25)26)17(33)22-10(2-6-14(27)28)18(34)23-11(3-7-15(29)30)19(35)24-12(20(36)37)4-8-16(31)32/h9-12H,1-8,21H2,(H,22,33)(H,23,34)(H,24,35)(H,25,26)(H,27,28)(H,29,30)(H,31,32)(H,36,37)/t9-,10+,11+,12+/m1/s1/i/hD3. The monoisotopic (exact) mass is 537 g/mol. The van der Waals surface area contributed by atoms with Gasteiger partial charge in [0, 0.05) is 25.7 Å². The van der Waals surface area contributed by atoms with Crippen molar-refractivity contribution >= 4 is 47.6 Å². The predicted molar refractivity (Wildman–Crippen MR) is 119 cm³/mol. The van der Waals surface area contributed by atoms with Gasteiger partial charge in [-0.1, -0.05) is 0 Å². The largest absolute Gasteiger partial charge is 0.481 e. The van der Waals surface area contributed by atoms with Crippen LogP contribution in [0.25, 0.3) is 4.29 Å². The molecule has 3 amide bonds. The molecule has 37 heavy (non-hydrogen) atoms. The van der Waals surface area contributed by atoms with Gasteiger partial charge < -0.3 is 47.2 Å². The zero-order valence-electron chi connectivity index (χ0n) is 22.4. The normalized spacial score (nSPS) is 14.6. The minimum Gasteiger partial charge on any atom is -0.481 e. The van der Waals surface area contributed by atoms with E-state index in [1.165, 1.54) is 0 Å². The Morgan fingerprint density at radius 1 is 0.568 bits per heavy atom. The molecule has 208 valence electrons. The highest BCUT2D eigenvalue weighted by molar-refractivity contribution is 5.94. The SMILES string of the molecule is [2H]OC(=O)CC[C@@H](N)C(=O)N[C@@H](CCC(=O)O[2H])C(=O)N[C@@H](CCC(=O)O[2H])C(=O)N[C@@H](CCC(=O)O)C(=O)O. The number of hydrogen-bond acceptors (Lipinski definition) is 12. The van der Waals surface area contributed by atoms with Crippen molar-refractivity contribution in [3.05, 3.63) is 0 Å². The molecule has 0 aliphatic carbocycles. The first kappa shape index (κ1) is 27.3. The number of amides is 3. The molecule has 0 aliphatic heterocycles. The van der Waals surface area contributed by atoms with Gasteiger partial charge in [0.1, 0.15) is 18.1 Å². The number of nitrogens with one attached hydrogen (secondary N) is 3. The van der Waals surface area contributed by atoms with Gasteiger partial charge in [-0.3, -0.25) is 33.6 Å². The molecule has 17 heteroatoms. The van der Waals surface area contributed by atoms with Crippen LogP contribution in [-0.4, -0.2) is 97.3 Å². The van der Waals surface area contributed by atoms with Crippen LogP contribution in [0.2, 0.25) is 0 Å². The average molecular weight is 537 g/mol. The van der Waals surface area contributed by atoms with Crippen LogP contribution in [0.3, 0.4) is 0 Å². The lowest BCUT2D eigenvalue weighted by molar-refractivity contribution is -0.144. The molecule has 17 nitrogen and oxygen atoms in total. The van der Waals surface area contributed by atoms with E-state index < -0.39 is 117 Å². The molecular formula is C20H30N4O13. The van der Waals surface area contributed by atoms with E-state index in [0.29, 0.717) is 0 Å². The number of carbonyl (C=O) groups is 8. The lowest BCUT2D eigenvalue weighted by Gasteiger charge is -2.24. The number of aliphatic carboxylic acids is 5. The van der Waals surface area contributed by atoms with Crippen molar-refractivity contribution in [1.82, 2.24) is 16.0 Å². The Hall–Kier alpha value is -4.28. The number of carboxylic acids is 5. The molecule has 0 radical (unpaired) electrons. The summed E-state index contributed by atoms with van der Waals surface area (Å²) in [5.41, 5.74) is 5.66. The molecule has 0 unspecified atom stereocenters. The minimum atomic E-state index is -1.69. The van der Waals surface area contributed by atoms with E-state index in [1.807, 2.05) is 5.32 Å². The Kier molecular flexibility index (Phi) is 12.1. The van der Waals surface area contributed by atoms with E-state index in [4.69, 9.17) is 15.1 Å². The van der Waals surface area contributed by atoms with Gasteiger partial charge in [-0.2, -0.15) is 0 Å². The summed E-state index contributed by atoms with van der Waals surface area (Å²) in [7, 11) is 0. The van der Waals surface area contributed by atoms with Crippen molar-refractivity contribution in [3.63, 3.8) is 0 Å². The molecule has 0 aromatic carbocycles. The maximum Gasteiger partial charge on any atom is 0.326 e. The van der Waals surface area contributed by atoms with Crippen LogP contribution in [0, 0.1) is 0 Å². The van der Waals surface area contributed by atoms with E-state index in [9.17, 15) is 43.5 Å². The molecule has 4 atom stereocenters. The summed E-state index contributed by atoms with van der Waals surface area (Å²) in [6, 6.07) is -6.33. The number of carbonyl (C=O) groups excluding carboxylic acids is 3. The molecule has 0 rings (SSSR count). The fourth-order valence-electron chi connectivity index (χ4n) is 2.82. The van der Waals surface area contributed by atoms with Gasteiger partial charge in [0.2, 0.25) is 17.7 Å². The topological polar surface area (TPSA) is 300 Å². The van der Waals surface area contributed by atoms with Gasteiger partial charge in [0.25, 0.3) is 4.29 Å². The first-order valence-corrected chi connectivity index (χ1v) is 10.8. The highest BCUT2D eigenvalue weighted by Gasteiger charge is 2.31. The van der Waals surface area contributed by atoms with Crippen LogP contribution in [0.4, 0.5) is 0 Å². The summed E-state index contributed by atoms with van der Waals surface area (Å²) in [5, 5.41) is 35.7. The average Bonchev–Trinajstić information content (AvgIpc) is 2.92. The molecule has 0 bridgehead atoms. The van der Waals surface area contributed by atoms with Crippen LogP contribution in [0.15, 0.2) is 0 Å². The van der Waals surface area contributed by atoms with Crippen molar-refractivity contribution in [3.8, 4) is 0 Å². The first-order valence-electron chi connectivity index (χ1n) is 12.1. The second-order valence-electron chi connectivity index (χ2n) is 7.79. The second-order valence-corrected chi connectivity index (χ2v) is 7.79. The third kappa shape index (κ3) is 14.7. The number of rotatable bonds is 19. The highest BCUT2D eigenvalue weighted by atomic mass is 16.4. The van der Waals surface area contributed by atoms with Crippen molar-refractivity contribution in [1.29, 1.82) is 4.29 Å². The van der Waals surface area contributed by atoms with Gasteiger partial charge >= 0.3 is 29.8 Å². The Labute approximate surface area is 213 Å². The van der Waals surface area contributed by atoms with Gasteiger partial charge in [-0.05, 0) is 25.7 Å². The molecule has 0 aromatic rings. The second kappa shape index (κ2) is 16.4. The van der Waals surface area contributed by atoms with Crippen LogP contribution in [-0.2, 0) is 38.4 Å². The molecule has 0 aliphatic rings. The van der Waals surface area contributed by atoms with Crippen LogP contribution < -0.4 is 21.7 Å². The van der Waals surface area contributed by atoms with Gasteiger partial charge in [-0.15, -0.1) is 0 Å². The molecule has 10 N–H and O–H groups in total. The summed E-state index contributed by atoms with van der Waals surface area (Å²) in [6.45, 7) is 0. The van der Waals surface area contributed by atoms with Crippen molar-refractivity contribution in [2.45, 2.75) is 75.5 Å². The maximum atomic E-state index is 13.0. The zero-order chi connectivity index (χ0) is 30.8. The molecular weight excluding hydrogens is 504 g/mol. The van der Waals surface area contributed by atoms with Crippen molar-refractivity contribution < 1.29 is 63.9 Å². The number of nitrogens with two attached hydrogens (primary N) is 1. The fraction of sp³-hybridized carbons (Fsp3) is 0.600. The third-order valence-electron chi connectivity index (χ3n) is 4.80. The van der Waals surface area contributed by atoms with Crippen molar-refractivity contribution in [2.75, 3.05) is 0 Å². The quantitative estimate of drug-likeness (QED) is 0.0810. The molecule has 0 saturated carbocycles. The maximum absolute atomic E-state index is 13.0. The summed E-state index contributed by atoms with van der Waals surface area (Å²) in [5.74, 6) is -9.41. The Bertz CT molecular complexity index is 953. The van der Waals surface area contributed by atoms with E-state index in [2.05, 4.69) is 26.0 Å². The number of carboxylic acid groups (broad SMARTS) is 5. The summed E-state index contributed by atoms with van der Waals surface area (Å²) in [4.78, 5) is 94.4. The lowest BCUT2D eigenvalue weighted by Crippen LogP contribution is -2.57. The Morgan fingerprint density at radius 2 is 0.919 bits per heavy atom. The van der Waals surface area contributed by atoms with Crippen LogP contribution in [0.1, 0.15) is 51.4 Å². The Balaban J connectivity index is 5.78. The van der Waals surface area contributed by atoms with Gasteiger partial charge in [0.15, 0.2) is 0 Å². The minimum absolute atomic E-state index is 0.292. The van der Waals surface area contributed by atoms with E-state index in [-0.39, 0.29) is 6.42 Å². The number of hydrogen-bond donors (Lipinski definition) is 9. The highest BCUT2D eigenvalue weighted by Crippen LogP contribution is 2.06. The zero-order valence-corrected chi connectivity index (χ0v) is 19.4. The summed E-state index contributed by atoms with van der Waals surface area (Å²) >= 11 is 0. The third-order valence-corrected chi connectivity index (χ3v) is 4.80. The Morgan fingerprint density at radius 3 is 1.32 bits per heavy atom. The van der Waals surface area contributed by atoms with E-state index in [1.54, 1.807) is 0 Å². The van der Waals surface area contributed by atoms with Gasteiger partial charge in [0.05, 0.1) is 6.04 Å². The van der Waals surface area contributed by atoms with Crippen LogP contribution >= 0.6 is 0 Å². The van der Waals surface area contributed by atoms with E-state index >= 15 is 0 Å². The fourth-order valence-corrected chi connectivity index (χ4v) is 2.82.